The Balaban J connectivity index is -0.0000000920. The van der Waals surface area contributed by atoms with Gasteiger partial charge >= 0.3 is 0 Å². The maximum Gasteiger partial charge on any atom is 0.300 e. The van der Waals surface area contributed by atoms with Gasteiger partial charge in [0, 0.05) is 66.8 Å². The Bertz CT molecular complexity index is 670. The highest BCUT2D eigenvalue weighted by Crippen LogP contribution is 1.96. The molecule has 220 valence electrons. The Morgan fingerprint density at radius 1 is 0.842 bits per heavy atom. The Kier molecular flexibility index (Phi) is 50.5. The molecule has 0 amide bonds. The smallest absolute Gasteiger partial charge is 0.300 e. The number of benzene rings is 1. The number of nitrogens with two attached hydrogens (primary N) is 1. The lowest BCUT2D eigenvalue weighted by molar-refractivity contribution is -0.135. The number of carbonyl (C=O) groups is 5. The van der Waals surface area contributed by atoms with Crippen molar-refractivity contribution < 1.29 is 49.5 Å². The first-order chi connectivity index (χ1) is 17.4. The molecule has 15 heteroatoms. The van der Waals surface area contributed by atoms with E-state index in [1.807, 2.05) is 6.07 Å². The summed E-state index contributed by atoms with van der Waals surface area (Å²) in [6, 6.07) is 10.9. The van der Waals surface area contributed by atoms with Crippen molar-refractivity contribution in [2.24, 2.45) is 5.73 Å². The Labute approximate surface area is 228 Å². The number of hydrogen-bond acceptors (Lipinski definition) is 10. The molecule has 0 bridgehead atoms. The average molecular weight is 567 g/mol. The molecule has 10 N–H and O–H groups in total. The van der Waals surface area contributed by atoms with Crippen LogP contribution in [-0.2, 0) is 30.5 Å². The molecular weight excluding hydrogens is 524 g/mol. The van der Waals surface area contributed by atoms with Gasteiger partial charge in [-0.05, 0) is 24.7 Å². The minimum atomic E-state index is -0.833. The van der Waals surface area contributed by atoms with E-state index in [-0.39, 0.29) is 0 Å². The highest BCUT2D eigenvalue weighted by molar-refractivity contribution is 7.78. The summed E-state index contributed by atoms with van der Waals surface area (Å²) in [5, 5.41) is 51.2. The predicted molar refractivity (Wildman–Crippen MR) is 147 cm³/mol. The maximum atomic E-state index is 9.00. The van der Waals surface area contributed by atoms with Gasteiger partial charge in [-0.25, -0.2) is 5.41 Å². The summed E-state index contributed by atoms with van der Waals surface area (Å²) in [4.78, 5) is 45.0. The fourth-order valence-corrected chi connectivity index (χ4v) is 1.43. The first kappa shape index (κ1) is 47.4. The van der Waals surface area contributed by atoms with Crippen LogP contribution in [0.3, 0.4) is 0 Å². The molecule has 0 heterocycles. The number of aliphatic carboxylic acids is 5. The van der Waals surface area contributed by atoms with Gasteiger partial charge in [0.05, 0.1) is 5.16 Å². The zero-order valence-corrected chi connectivity index (χ0v) is 23.4. The van der Waals surface area contributed by atoms with Crippen LogP contribution in [0.25, 0.3) is 0 Å². The lowest BCUT2D eigenvalue weighted by atomic mass is 10.2. The van der Waals surface area contributed by atoms with E-state index < -0.39 is 29.8 Å². The molecule has 1 atom stereocenters. The first-order valence-corrected chi connectivity index (χ1v) is 11.0. The van der Waals surface area contributed by atoms with Gasteiger partial charge in [0.1, 0.15) is 0 Å². The van der Waals surface area contributed by atoms with Crippen molar-refractivity contribution in [1.29, 1.82) is 5.41 Å². The zero-order chi connectivity index (χ0) is 31.5. The summed E-state index contributed by atoms with van der Waals surface area (Å²) in [5.41, 5.74) is 6.74. The number of nitrogens with one attached hydrogen (secondary N) is 3. The number of rotatable bonds is 7. The summed E-state index contributed by atoms with van der Waals surface area (Å²) < 4.78 is 0. The van der Waals surface area contributed by atoms with Crippen molar-refractivity contribution in [3.05, 3.63) is 35.9 Å². The third kappa shape index (κ3) is 155. The summed E-state index contributed by atoms with van der Waals surface area (Å²) in [6.45, 7) is 11.1. The average Bonchev–Trinajstić information content (AvgIpc) is 2.71. The van der Waals surface area contributed by atoms with Crippen molar-refractivity contribution in [3.63, 3.8) is 0 Å². The molecule has 1 rings (SSSR count). The van der Waals surface area contributed by atoms with Crippen LogP contribution in [0.1, 0.15) is 47.1 Å². The van der Waals surface area contributed by atoms with Crippen LogP contribution in [-0.4, -0.2) is 86.2 Å². The van der Waals surface area contributed by atoms with E-state index in [4.69, 9.17) is 60.6 Å². The molecule has 1 unspecified atom stereocenters. The van der Waals surface area contributed by atoms with Gasteiger partial charge in [-0.1, -0.05) is 30.3 Å². The summed E-state index contributed by atoms with van der Waals surface area (Å²) >= 11 is 3.81. The van der Waals surface area contributed by atoms with E-state index >= 15 is 0 Å². The Morgan fingerprint density at radius 2 is 1.13 bits per heavy atom. The van der Waals surface area contributed by atoms with Gasteiger partial charge in [-0.2, -0.15) is 0 Å². The first-order valence-electron chi connectivity index (χ1n) is 10.6. The second kappa shape index (κ2) is 40.4. The topological polar surface area (TPSA) is 260 Å². The van der Waals surface area contributed by atoms with Crippen LogP contribution in [0.4, 0.5) is 0 Å². The van der Waals surface area contributed by atoms with Gasteiger partial charge in [0.25, 0.3) is 29.8 Å². The van der Waals surface area contributed by atoms with Crippen molar-refractivity contribution >= 4 is 47.2 Å². The van der Waals surface area contributed by atoms with Gasteiger partial charge < -0.3 is 41.9 Å². The molecule has 0 radical (unpaired) electrons. The van der Waals surface area contributed by atoms with Crippen LogP contribution in [0, 0.1) is 5.41 Å². The van der Waals surface area contributed by atoms with Crippen molar-refractivity contribution in [3.8, 4) is 0 Å². The zero-order valence-electron chi connectivity index (χ0n) is 22.6. The molecule has 0 aliphatic heterocycles. The van der Waals surface area contributed by atoms with E-state index in [1.54, 1.807) is 5.16 Å². The summed E-state index contributed by atoms with van der Waals surface area (Å²) in [5.74, 6) is -4.17. The second-order valence-corrected chi connectivity index (χ2v) is 6.66. The summed E-state index contributed by atoms with van der Waals surface area (Å²) in [7, 11) is 0. The van der Waals surface area contributed by atoms with E-state index in [2.05, 4.69) is 54.0 Å². The van der Waals surface area contributed by atoms with E-state index in [9.17, 15) is 0 Å². The molecule has 1 aromatic carbocycles. The highest BCUT2D eigenvalue weighted by atomic mass is 32.1. The third-order valence-electron chi connectivity index (χ3n) is 2.26. The lowest BCUT2D eigenvalue weighted by Crippen LogP contribution is -2.38. The van der Waals surface area contributed by atoms with Crippen LogP contribution in [0.15, 0.2) is 30.3 Å². The minimum Gasteiger partial charge on any atom is -0.481 e. The van der Waals surface area contributed by atoms with E-state index in [0.717, 1.165) is 54.3 Å². The molecule has 0 spiro atoms. The monoisotopic (exact) mass is 566 g/mol. The van der Waals surface area contributed by atoms with Gasteiger partial charge in [-0.15, -0.1) is 0 Å². The molecule has 0 saturated carbocycles. The fraction of sp³-hybridized carbons (Fsp3) is 0.478. The van der Waals surface area contributed by atoms with Gasteiger partial charge in [0.15, 0.2) is 0 Å². The molecule has 14 nitrogen and oxygen atoms in total. The van der Waals surface area contributed by atoms with Crippen molar-refractivity contribution in [2.75, 3.05) is 19.6 Å². The molecule has 0 saturated heterocycles. The SMILES string of the molecule is CC(=O)O.CC(=O)O.CC(=O)O.CC(=O)O.CC(=O)O.CC(CNCc1ccccc1)NCCN.N=C=S. The van der Waals surface area contributed by atoms with Crippen molar-refractivity contribution in [1.82, 2.24) is 10.6 Å². The number of carboxylic acid groups (broad SMARTS) is 5. The van der Waals surface area contributed by atoms with Crippen molar-refractivity contribution in [2.45, 2.75) is 54.1 Å². The molecule has 1 aromatic rings. The molecular formula is C23H42N4O10S. The second-order valence-electron chi connectivity index (χ2n) is 6.46. The van der Waals surface area contributed by atoms with E-state index in [0.29, 0.717) is 12.6 Å². The number of hydrogen-bond donors (Lipinski definition) is 9. The minimum absolute atomic E-state index is 0.470. The van der Waals surface area contributed by atoms with Crippen LogP contribution in [0.2, 0.25) is 0 Å². The van der Waals surface area contributed by atoms with E-state index in [1.165, 1.54) is 5.56 Å². The number of thiocarbonyl (C=S) groups is 1. The predicted octanol–water partition coefficient (Wildman–Crippen LogP) is 1.84. The fourth-order valence-electron chi connectivity index (χ4n) is 1.43. The largest absolute Gasteiger partial charge is 0.481 e. The molecule has 0 fully saturated rings. The summed E-state index contributed by atoms with van der Waals surface area (Å²) in [6.07, 6.45) is 0. The molecule has 0 aliphatic rings. The normalized spacial score (nSPS) is 8.50. The Hall–Kier alpha value is -3.75. The highest BCUT2D eigenvalue weighted by Gasteiger charge is 1.98. The molecule has 0 aliphatic carbocycles. The Morgan fingerprint density at radius 3 is 1.39 bits per heavy atom. The molecule has 38 heavy (non-hydrogen) atoms. The van der Waals surface area contributed by atoms with Crippen LogP contribution >= 0.6 is 12.2 Å². The standard InChI is InChI=1S/C12H21N3.5C2H4O2.CHNS/c1-11(15-8-7-13)9-14-10-12-5-3-2-4-6-12;5*1-2(3)4;2-1-3/h2-6,11,14-15H,7-10,13H2,1H3;5*1H3,(H,3,4);2H. The van der Waals surface area contributed by atoms with Crippen LogP contribution in [0.5, 0.6) is 0 Å². The van der Waals surface area contributed by atoms with Gasteiger partial charge in [0.2, 0.25) is 0 Å². The van der Waals surface area contributed by atoms with Crippen LogP contribution < -0.4 is 16.4 Å². The lowest BCUT2D eigenvalue weighted by Gasteiger charge is -2.13. The third-order valence-corrected chi connectivity index (χ3v) is 2.26. The van der Waals surface area contributed by atoms with Gasteiger partial charge in [-0.3, -0.25) is 24.0 Å². The maximum absolute atomic E-state index is 9.00. The molecule has 0 aromatic heterocycles. The number of carboxylic acids is 5. The number of isothiocyanates is 1. The quantitative estimate of drug-likeness (QED) is 0.168.